The Hall–Kier alpha value is -2.44. The smallest absolute Gasteiger partial charge is 0.239 e. The normalized spacial score (nSPS) is 20.6. The molecule has 7 heteroatoms. The van der Waals surface area contributed by atoms with Gasteiger partial charge in [0, 0.05) is 24.3 Å². The highest BCUT2D eigenvalue weighted by molar-refractivity contribution is 5.81. The summed E-state index contributed by atoms with van der Waals surface area (Å²) in [6.45, 7) is 2.55. The van der Waals surface area contributed by atoms with Gasteiger partial charge in [-0.3, -0.25) is 4.79 Å². The Balaban J connectivity index is 1.53. The summed E-state index contributed by atoms with van der Waals surface area (Å²) in [7, 11) is 1.80. The largest absolute Gasteiger partial charge is 0.376 e. The molecule has 1 aromatic carbocycles. The fourth-order valence-electron chi connectivity index (χ4n) is 3.11. The van der Waals surface area contributed by atoms with E-state index in [0.717, 1.165) is 30.0 Å². The van der Waals surface area contributed by atoms with Gasteiger partial charge >= 0.3 is 0 Å². The average molecular weight is 328 g/mol. The summed E-state index contributed by atoms with van der Waals surface area (Å²) in [5, 5.41) is 17.8. The van der Waals surface area contributed by atoms with Crippen LogP contribution in [0.25, 0.3) is 11.4 Å². The molecule has 1 amide bonds. The number of benzene rings is 1. The summed E-state index contributed by atoms with van der Waals surface area (Å²) >= 11 is 0. The van der Waals surface area contributed by atoms with Crippen molar-refractivity contribution >= 4 is 11.6 Å². The molecule has 1 aromatic heterocycles. The van der Waals surface area contributed by atoms with Gasteiger partial charge in [-0.1, -0.05) is 19.1 Å². The Morgan fingerprint density at radius 1 is 1.29 bits per heavy atom. The van der Waals surface area contributed by atoms with Crippen molar-refractivity contribution in [1.29, 1.82) is 0 Å². The second-order valence-electron chi connectivity index (χ2n) is 6.58. The minimum atomic E-state index is 0.0419. The van der Waals surface area contributed by atoms with E-state index in [-0.39, 0.29) is 12.5 Å². The fourth-order valence-corrected chi connectivity index (χ4v) is 3.11. The Morgan fingerprint density at radius 3 is 2.79 bits per heavy atom. The maximum atomic E-state index is 12.1. The molecule has 0 atom stereocenters. The lowest BCUT2D eigenvalue weighted by Crippen LogP contribution is -2.40. The summed E-state index contributed by atoms with van der Waals surface area (Å²) in [6, 6.07) is 8.07. The Morgan fingerprint density at radius 2 is 2.08 bits per heavy atom. The van der Waals surface area contributed by atoms with Crippen molar-refractivity contribution in [2.24, 2.45) is 13.0 Å². The van der Waals surface area contributed by atoms with Gasteiger partial charge in [0.05, 0.1) is 6.54 Å². The van der Waals surface area contributed by atoms with Crippen LogP contribution in [0.2, 0.25) is 0 Å². The number of nitrogens with zero attached hydrogens (tertiary/aromatic N) is 4. The maximum absolute atomic E-state index is 12.1. The third kappa shape index (κ3) is 4.10. The standard InChI is InChI=1S/C17H24N6O/c1-12-6-8-14(9-7-12)19-16(24)11-18-15-5-3-4-13(10-15)17-20-21-22-23(17)2/h3-5,10,12,14,18H,6-9,11H2,1-2H3,(H,19,24). The first-order chi connectivity index (χ1) is 11.6. The lowest BCUT2D eigenvalue weighted by atomic mass is 9.87. The zero-order chi connectivity index (χ0) is 16.9. The van der Waals surface area contributed by atoms with Crippen LogP contribution in [-0.2, 0) is 11.8 Å². The van der Waals surface area contributed by atoms with Crippen LogP contribution in [0.3, 0.4) is 0 Å². The minimum Gasteiger partial charge on any atom is -0.376 e. The van der Waals surface area contributed by atoms with Gasteiger partial charge in [0.1, 0.15) is 0 Å². The van der Waals surface area contributed by atoms with Gasteiger partial charge in [-0.05, 0) is 54.2 Å². The number of hydrogen-bond donors (Lipinski definition) is 2. The lowest BCUT2D eigenvalue weighted by molar-refractivity contribution is -0.120. The van der Waals surface area contributed by atoms with E-state index in [2.05, 4.69) is 33.1 Å². The molecule has 0 spiro atoms. The number of tetrazole rings is 1. The van der Waals surface area contributed by atoms with E-state index < -0.39 is 0 Å². The lowest BCUT2D eigenvalue weighted by Gasteiger charge is -2.27. The quantitative estimate of drug-likeness (QED) is 0.877. The number of anilines is 1. The van der Waals surface area contributed by atoms with Gasteiger partial charge in [0.15, 0.2) is 5.82 Å². The first-order valence-corrected chi connectivity index (χ1v) is 8.48. The zero-order valence-electron chi connectivity index (χ0n) is 14.2. The SMILES string of the molecule is CC1CCC(NC(=O)CNc2cccc(-c3nnnn3C)c2)CC1. The minimum absolute atomic E-state index is 0.0419. The monoisotopic (exact) mass is 328 g/mol. The van der Waals surface area contributed by atoms with Crippen molar-refractivity contribution in [3.8, 4) is 11.4 Å². The highest BCUT2D eigenvalue weighted by Crippen LogP contribution is 2.23. The highest BCUT2D eigenvalue weighted by Gasteiger charge is 2.19. The van der Waals surface area contributed by atoms with Gasteiger partial charge in [0.2, 0.25) is 5.91 Å². The van der Waals surface area contributed by atoms with E-state index in [4.69, 9.17) is 0 Å². The third-order valence-corrected chi connectivity index (χ3v) is 4.57. The zero-order valence-corrected chi connectivity index (χ0v) is 14.2. The van der Waals surface area contributed by atoms with Crippen molar-refractivity contribution in [3.63, 3.8) is 0 Å². The molecule has 24 heavy (non-hydrogen) atoms. The van der Waals surface area contributed by atoms with E-state index in [9.17, 15) is 4.79 Å². The number of hydrogen-bond acceptors (Lipinski definition) is 5. The average Bonchev–Trinajstić information content (AvgIpc) is 3.01. The number of aryl methyl sites for hydroxylation is 1. The topological polar surface area (TPSA) is 84.7 Å². The summed E-state index contributed by atoms with van der Waals surface area (Å²) in [5.41, 5.74) is 1.79. The van der Waals surface area contributed by atoms with E-state index in [1.807, 2.05) is 24.3 Å². The molecule has 3 rings (SSSR count). The summed E-state index contributed by atoms with van der Waals surface area (Å²) in [5.74, 6) is 1.52. The number of aromatic nitrogens is 4. The molecular formula is C17H24N6O. The second kappa shape index (κ2) is 7.42. The number of nitrogens with one attached hydrogen (secondary N) is 2. The van der Waals surface area contributed by atoms with Crippen LogP contribution in [0, 0.1) is 5.92 Å². The summed E-state index contributed by atoms with van der Waals surface area (Å²) < 4.78 is 1.62. The van der Waals surface area contributed by atoms with Gasteiger partial charge in [-0.25, -0.2) is 4.68 Å². The van der Waals surface area contributed by atoms with Gasteiger partial charge in [-0.15, -0.1) is 5.10 Å². The number of carbonyl (C=O) groups excluding carboxylic acids is 1. The molecule has 0 radical (unpaired) electrons. The third-order valence-electron chi connectivity index (χ3n) is 4.57. The fraction of sp³-hybridized carbons (Fsp3) is 0.529. The van der Waals surface area contributed by atoms with E-state index in [1.54, 1.807) is 11.7 Å². The predicted molar refractivity (Wildman–Crippen MR) is 92.3 cm³/mol. The molecule has 1 saturated carbocycles. The van der Waals surface area contributed by atoms with E-state index >= 15 is 0 Å². The molecule has 1 aliphatic rings. The Labute approximate surface area is 141 Å². The van der Waals surface area contributed by atoms with Crippen LogP contribution in [0.4, 0.5) is 5.69 Å². The molecule has 2 aromatic rings. The van der Waals surface area contributed by atoms with Crippen molar-refractivity contribution < 1.29 is 4.79 Å². The molecule has 7 nitrogen and oxygen atoms in total. The van der Waals surface area contributed by atoms with Gasteiger partial charge in [0.25, 0.3) is 0 Å². The Kier molecular flexibility index (Phi) is 5.08. The van der Waals surface area contributed by atoms with Crippen molar-refractivity contribution in [3.05, 3.63) is 24.3 Å². The molecule has 0 bridgehead atoms. The predicted octanol–water partition coefficient (Wildman–Crippen LogP) is 1.98. The first kappa shape index (κ1) is 16.4. The van der Waals surface area contributed by atoms with Crippen LogP contribution >= 0.6 is 0 Å². The molecule has 0 saturated heterocycles. The van der Waals surface area contributed by atoms with Crippen molar-refractivity contribution in [2.45, 2.75) is 38.6 Å². The van der Waals surface area contributed by atoms with Crippen LogP contribution in [0.5, 0.6) is 0 Å². The van der Waals surface area contributed by atoms with Crippen LogP contribution < -0.4 is 10.6 Å². The molecule has 0 unspecified atom stereocenters. The van der Waals surface area contributed by atoms with Crippen LogP contribution in [0.15, 0.2) is 24.3 Å². The molecular weight excluding hydrogens is 304 g/mol. The molecule has 1 heterocycles. The number of rotatable bonds is 5. The summed E-state index contributed by atoms with van der Waals surface area (Å²) in [6.07, 6.45) is 4.57. The second-order valence-corrected chi connectivity index (χ2v) is 6.58. The van der Waals surface area contributed by atoms with Crippen molar-refractivity contribution in [1.82, 2.24) is 25.5 Å². The first-order valence-electron chi connectivity index (χ1n) is 8.48. The molecule has 128 valence electrons. The molecule has 2 N–H and O–H groups in total. The van der Waals surface area contributed by atoms with Gasteiger partial charge < -0.3 is 10.6 Å². The molecule has 1 fully saturated rings. The Bertz CT molecular complexity index is 690. The molecule has 1 aliphatic carbocycles. The van der Waals surface area contributed by atoms with Crippen LogP contribution in [-0.4, -0.2) is 38.7 Å². The van der Waals surface area contributed by atoms with E-state index in [1.165, 1.54) is 12.8 Å². The van der Waals surface area contributed by atoms with Crippen molar-refractivity contribution in [2.75, 3.05) is 11.9 Å². The number of carbonyl (C=O) groups is 1. The van der Waals surface area contributed by atoms with Crippen LogP contribution in [0.1, 0.15) is 32.6 Å². The molecule has 0 aliphatic heterocycles. The number of amides is 1. The highest BCUT2D eigenvalue weighted by atomic mass is 16.1. The van der Waals surface area contributed by atoms with E-state index in [0.29, 0.717) is 11.9 Å². The van der Waals surface area contributed by atoms with Gasteiger partial charge in [-0.2, -0.15) is 0 Å². The summed E-state index contributed by atoms with van der Waals surface area (Å²) in [4.78, 5) is 12.1. The maximum Gasteiger partial charge on any atom is 0.239 e.